The summed E-state index contributed by atoms with van der Waals surface area (Å²) in [6.07, 6.45) is 0. The van der Waals surface area contributed by atoms with Crippen LogP contribution in [0.2, 0.25) is 0 Å². The minimum atomic E-state index is -2.82. The second kappa shape index (κ2) is 4.91. The molecule has 1 saturated heterocycles. The van der Waals surface area contributed by atoms with Gasteiger partial charge in [-0.1, -0.05) is 24.8 Å². The fraction of sp³-hybridized carbons (Fsp3) is 0.364. The minimum absolute atomic E-state index is 0.120. The first-order valence-corrected chi connectivity index (χ1v) is 6.02. The molecule has 0 saturated carbocycles. The molecule has 1 aliphatic rings. The van der Waals surface area contributed by atoms with Gasteiger partial charge in [-0.05, 0) is 12.1 Å². The van der Waals surface area contributed by atoms with E-state index in [-0.39, 0.29) is 5.75 Å². The molecule has 1 aromatic carbocycles. The highest BCUT2D eigenvalue weighted by Gasteiger charge is 2.25. The van der Waals surface area contributed by atoms with E-state index in [9.17, 15) is 8.78 Å². The second-order valence-electron chi connectivity index (χ2n) is 3.72. The highest BCUT2D eigenvalue weighted by atomic mass is 32.2. The molecule has 3 nitrogen and oxygen atoms in total. The number of thioether (sulfide) groups is 1. The molecule has 0 amide bonds. The normalized spacial score (nSPS) is 20.1. The minimum Gasteiger partial charge on any atom is -0.435 e. The summed E-state index contributed by atoms with van der Waals surface area (Å²) >= 11 is 1.46. The van der Waals surface area contributed by atoms with Gasteiger partial charge in [-0.15, -0.1) is 0 Å². The van der Waals surface area contributed by atoms with Gasteiger partial charge in [-0.3, -0.25) is 5.41 Å². The predicted molar refractivity (Wildman–Crippen MR) is 65.2 cm³/mol. The summed E-state index contributed by atoms with van der Waals surface area (Å²) in [7, 11) is 0. The Bertz CT molecular complexity index is 428. The average molecular weight is 258 g/mol. The lowest BCUT2D eigenvalue weighted by Gasteiger charge is -2.17. The van der Waals surface area contributed by atoms with Gasteiger partial charge in [0.1, 0.15) is 5.75 Å². The maximum Gasteiger partial charge on any atom is 0.387 e. The molecule has 1 aromatic rings. The number of hydrogen-bond donors (Lipinski definition) is 1. The van der Waals surface area contributed by atoms with Crippen LogP contribution in [0.4, 0.5) is 14.5 Å². The maximum atomic E-state index is 12.1. The molecule has 0 spiro atoms. The van der Waals surface area contributed by atoms with Crippen molar-refractivity contribution >= 4 is 22.6 Å². The summed E-state index contributed by atoms with van der Waals surface area (Å²) in [5, 5.41) is 8.56. The molecular formula is C11H12F2N2OS. The predicted octanol–water partition coefficient (Wildman–Crippen LogP) is 3.16. The Morgan fingerprint density at radius 2 is 2.29 bits per heavy atom. The summed E-state index contributed by atoms with van der Waals surface area (Å²) in [5.41, 5.74) is 0.713. The molecular weight excluding hydrogens is 246 g/mol. The van der Waals surface area contributed by atoms with Crippen molar-refractivity contribution in [1.82, 2.24) is 0 Å². The molecule has 2 rings (SSSR count). The van der Waals surface area contributed by atoms with Crippen molar-refractivity contribution in [3.63, 3.8) is 0 Å². The zero-order valence-corrected chi connectivity index (χ0v) is 10.0. The third-order valence-electron chi connectivity index (χ3n) is 2.35. The topological polar surface area (TPSA) is 36.3 Å². The lowest BCUT2D eigenvalue weighted by molar-refractivity contribution is -0.0498. The van der Waals surface area contributed by atoms with E-state index in [1.807, 2.05) is 6.92 Å². The smallest absolute Gasteiger partial charge is 0.387 e. The van der Waals surface area contributed by atoms with E-state index in [1.165, 1.54) is 23.9 Å². The van der Waals surface area contributed by atoms with Crippen LogP contribution in [-0.4, -0.2) is 23.6 Å². The Balaban J connectivity index is 2.18. The van der Waals surface area contributed by atoms with Crippen LogP contribution in [0.3, 0.4) is 0 Å². The van der Waals surface area contributed by atoms with Gasteiger partial charge in [0.25, 0.3) is 0 Å². The number of anilines is 1. The van der Waals surface area contributed by atoms with Crippen molar-refractivity contribution in [2.75, 3.05) is 11.4 Å². The number of amidine groups is 1. The molecule has 1 heterocycles. The summed E-state index contributed by atoms with van der Waals surface area (Å²) in [6.45, 7) is -0.0862. The molecule has 1 atom stereocenters. The first-order chi connectivity index (χ1) is 8.06. The Morgan fingerprint density at radius 3 is 2.88 bits per heavy atom. The average Bonchev–Trinajstić information content (AvgIpc) is 2.57. The van der Waals surface area contributed by atoms with Crippen LogP contribution in [0.25, 0.3) is 0 Å². The molecule has 17 heavy (non-hydrogen) atoms. The van der Waals surface area contributed by atoms with E-state index < -0.39 is 6.61 Å². The fourth-order valence-corrected chi connectivity index (χ4v) is 2.59. The van der Waals surface area contributed by atoms with E-state index in [0.717, 1.165) is 0 Å². The van der Waals surface area contributed by atoms with Crippen LogP contribution in [0.5, 0.6) is 5.75 Å². The molecule has 0 radical (unpaired) electrons. The van der Waals surface area contributed by atoms with Crippen molar-refractivity contribution in [2.24, 2.45) is 0 Å². The summed E-state index contributed by atoms with van der Waals surface area (Å²) in [6, 6.07) is 6.44. The lowest BCUT2D eigenvalue weighted by atomic mass is 10.2. The van der Waals surface area contributed by atoms with Gasteiger partial charge in [0, 0.05) is 23.5 Å². The highest BCUT2D eigenvalue weighted by Crippen LogP contribution is 2.31. The number of ether oxygens (including phenoxy) is 1. The molecule has 0 aromatic heterocycles. The molecule has 1 aliphatic heterocycles. The van der Waals surface area contributed by atoms with Gasteiger partial charge >= 0.3 is 6.61 Å². The standard InChI is InChI=1S/C11H12F2N2OS/c1-7-6-15(11(14)17-7)8-3-2-4-9(5-8)16-10(12)13/h2-5,7,10,14H,6H2,1H3. The van der Waals surface area contributed by atoms with Gasteiger partial charge in [0.05, 0.1) is 0 Å². The molecule has 0 aliphatic carbocycles. The van der Waals surface area contributed by atoms with Crippen LogP contribution in [-0.2, 0) is 0 Å². The van der Waals surface area contributed by atoms with Crippen LogP contribution < -0.4 is 9.64 Å². The molecule has 1 fully saturated rings. The molecule has 6 heteroatoms. The van der Waals surface area contributed by atoms with Crippen LogP contribution in [0.1, 0.15) is 6.92 Å². The quantitative estimate of drug-likeness (QED) is 0.904. The number of hydrogen-bond acceptors (Lipinski definition) is 3. The second-order valence-corrected chi connectivity index (χ2v) is 5.15. The monoisotopic (exact) mass is 258 g/mol. The van der Waals surface area contributed by atoms with Crippen LogP contribution in [0.15, 0.2) is 24.3 Å². The molecule has 1 unspecified atom stereocenters. The van der Waals surface area contributed by atoms with Crippen molar-refractivity contribution in [3.05, 3.63) is 24.3 Å². The molecule has 92 valence electrons. The van der Waals surface area contributed by atoms with E-state index >= 15 is 0 Å². The Labute approximate surface area is 102 Å². The van der Waals surface area contributed by atoms with E-state index in [2.05, 4.69) is 4.74 Å². The Hall–Kier alpha value is -1.30. The number of benzene rings is 1. The Kier molecular flexibility index (Phi) is 3.51. The van der Waals surface area contributed by atoms with Gasteiger partial charge in [0.15, 0.2) is 5.17 Å². The zero-order valence-electron chi connectivity index (χ0n) is 9.19. The number of nitrogens with zero attached hydrogens (tertiary/aromatic N) is 1. The van der Waals surface area contributed by atoms with Gasteiger partial charge in [0.2, 0.25) is 0 Å². The number of nitrogens with one attached hydrogen (secondary N) is 1. The SMILES string of the molecule is CC1CN(c2cccc(OC(F)F)c2)C(=N)S1. The molecule has 1 N–H and O–H groups in total. The van der Waals surface area contributed by atoms with Gasteiger partial charge in [-0.2, -0.15) is 8.78 Å². The fourth-order valence-electron chi connectivity index (χ4n) is 1.68. The Morgan fingerprint density at radius 1 is 1.53 bits per heavy atom. The van der Waals surface area contributed by atoms with Crippen molar-refractivity contribution < 1.29 is 13.5 Å². The van der Waals surface area contributed by atoms with Crippen LogP contribution >= 0.6 is 11.8 Å². The van der Waals surface area contributed by atoms with Gasteiger partial charge in [-0.25, -0.2) is 0 Å². The number of alkyl halides is 2. The third kappa shape index (κ3) is 2.88. The number of rotatable bonds is 3. The third-order valence-corrected chi connectivity index (χ3v) is 3.35. The highest BCUT2D eigenvalue weighted by molar-refractivity contribution is 8.15. The van der Waals surface area contributed by atoms with E-state index in [4.69, 9.17) is 5.41 Å². The van der Waals surface area contributed by atoms with Crippen molar-refractivity contribution in [1.29, 1.82) is 5.41 Å². The van der Waals surface area contributed by atoms with Crippen molar-refractivity contribution in [3.8, 4) is 5.75 Å². The largest absolute Gasteiger partial charge is 0.435 e. The van der Waals surface area contributed by atoms with E-state index in [0.29, 0.717) is 22.6 Å². The number of halogens is 2. The maximum absolute atomic E-state index is 12.1. The summed E-state index contributed by atoms with van der Waals surface area (Å²) < 4.78 is 28.5. The first-order valence-electron chi connectivity index (χ1n) is 5.14. The lowest BCUT2D eigenvalue weighted by Crippen LogP contribution is -2.24. The zero-order chi connectivity index (χ0) is 12.4. The molecule has 0 bridgehead atoms. The van der Waals surface area contributed by atoms with Crippen molar-refractivity contribution in [2.45, 2.75) is 18.8 Å². The first kappa shape index (κ1) is 12.2. The van der Waals surface area contributed by atoms with Crippen LogP contribution in [0, 0.1) is 5.41 Å². The summed E-state index contributed by atoms with van der Waals surface area (Å²) in [4.78, 5) is 1.79. The van der Waals surface area contributed by atoms with Gasteiger partial charge < -0.3 is 9.64 Å². The summed E-state index contributed by atoms with van der Waals surface area (Å²) in [5.74, 6) is 0.120. The van der Waals surface area contributed by atoms with E-state index in [1.54, 1.807) is 17.0 Å².